The van der Waals surface area contributed by atoms with E-state index in [0.29, 0.717) is 17.9 Å². The Morgan fingerprint density at radius 2 is 1.88 bits per heavy atom. The summed E-state index contributed by atoms with van der Waals surface area (Å²) in [6, 6.07) is 0. The Balaban J connectivity index is 1.72. The monoisotopic (exact) mass is 366 g/mol. The van der Waals surface area contributed by atoms with Gasteiger partial charge in [-0.05, 0) is 50.1 Å². The SMILES string of the molecule is CN=C(NCC(C)CN1CCCCC1)NCC1CCCOC1C(C)(C)C. The molecule has 5 heteroatoms. The van der Waals surface area contributed by atoms with E-state index in [1.807, 2.05) is 7.05 Å². The highest BCUT2D eigenvalue weighted by molar-refractivity contribution is 5.79. The number of hydrogen-bond acceptors (Lipinski definition) is 3. The second-order valence-corrected chi connectivity index (χ2v) is 9.36. The first-order valence-corrected chi connectivity index (χ1v) is 10.7. The molecule has 0 aromatic rings. The van der Waals surface area contributed by atoms with Gasteiger partial charge >= 0.3 is 0 Å². The standard InChI is InChI=1S/C21H42N4O/c1-17(16-25-11-7-6-8-12-25)14-23-20(22-5)24-15-18-10-9-13-26-19(18)21(2,3)4/h17-19H,6-16H2,1-5H3,(H2,22,23,24). The van der Waals surface area contributed by atoms with Gasteiger partial charge in [-0.25, -0.2) is 0 Å². The van der Waals surface area contributed by atoms with Gasteiger partial charge in [0.1, 0.15) is 0 Å². The Bertz CT molecular complexity index is 426. The third-order valence-corrected chi connectivity index (χ3v) is 5.69. The van der Waals surface area contributed by atoms with E-state index in [4.69, 9.17) is 4.74 Å². The lowest BCUT2D eigenvalue weighted by Gasteiger charge is -2.40. The first kappa shape index (κ1) is 21.5. The Kier molecular flexibility index (Phi) is 8.68. The topological polar surface area (TPSA) is 48.9 Å². The van der Waals surface area contributed by atoms with Crippen LogP contribution in [0.4, 0.5) is 0 Å². The van der Waals surface area contributed by atoms with Gasteiger partial charge in [0.15, 0.2) is 5.96 Å². The predicted molar refractivity (Wildman–Crippen MR) is 111 cm³/mol. The van der Waals surface area contributed by atoms with Crippen molar-refractivity contribution in [2.24, 2.45) is 22.2 Å². The minimum atomic E-state index is 0.187. The number of aliphatic imine (C=N–C) groups is 1. The van der Waals surface area contributed by atoms with E-state index in [1.165, 1.54) is 45.3 Å². The van der Waals surface area contributed by atoms with Gasteiger partial charge in [-0.1, -0.05) is 34.1 Å². The third kappa shape index (κ3) is 7.07. The Hall–Kier alpha value is -0.810. The van der Waals surface area contributed by atoms with Gasteiger partial charge in [0.25, 0.3) is 0 Å². The summed E-state index contributed by atoms with van der Waals surface area (Å²) in [5, 5.41) is 7.07. The van der Waals surface area contributed by atoms with Gasteiger partial charge in [0.05, 0.1) is 6.10 Å². The molecule has 2 heterocycles. The van der Waals surface area contributed by atoms with Crippen LogP contribution in [0.5, 0.6) is 0 Å². The molecule has 2 saturated heterocycles. The van der Waals surface area contributed by atoms with Crippen LogP contribution in [0, 0.1) is 17.3 Å². The molecular weight excluding hydrogens is 324 g/mol. The summed E-state index contributed by atoms with van der Waals surface area (Å²) in [6.45, 7) is 15.7. The van der Waals surface area contributed by atoms with Crippen LogP contribution >= 0.6 is 0 Å². The molecule has 0 amide bonds. The molecule has 2 rings (SSSR count). The van der Waals surface area contributed by atoms with Crippen molar-refractivity contribution in [1.29, 1.82) is 0 Å². The van der Waals surface area contributed by atoms with Gasteiger partial charge < -0.3 is 20.3 Å². The molecule has 2 aliphatic heterocycles. The highest BCUT2D eigenvalue weighted by atomic mass is 16.5. The van der Waals surface area contributed by atoms with Gasteiger partial charge in [0, 0.05) is 39.2 Å². The van der Waals surface area contributed by atoms with Crippen molar-refractivity contribution in [1.82, 2.24) is 15.5 Å². The van der Waals surface area contributed by atoms with Crippen molar-refractivity contribution in [3.05, 3.63) is 0 Å². The lowest BCUT2D eigenvalue weighted by molar-refractivity contribution is -0.0835. The molecule has 5 nitrogen and oxygen atoms in total. The highest BCUT2D eigenvalue weighted by Gasteiger charge is 2.35. The molecule has 152 valence electrons. The summed E-state index contributed by atoms with van der Waals surface area (Å²) in [7, 11) is 1.86. The second-order valence-electron chi connectivity index (χ2n) is 9.36. The zero-order valence-electron chi connectivity index (χ0n) is 17.8. The minimum absolute atomic E-state index is 0.187. The second kappa shape index (κ2) is 10.5. The Labute approximate surface area is 161 Å². The van der Waals surface area contributed by atoms with E-state index in [-0.39, 0.29) is 5.41 Å². The molecule has 2 aliphatic rings. The third-order valence-electron chi connectivity index (χ3n) is 5.69. The number of hydrogen-bond donors (Lipinski definition) is 2. The van der Waals surface area contributed by atoms with Crippen molar-refractivity contribution < 1.29 is 4.74 Å². The summed E-state index contributed by atoms with van der Waals surface area (Å²) in [6.07, 6.45) is 6.85. The zero-order chi connectivity index (χ0) is 19.0. The average Bonchev–Trinajstić information content (AvgIpc) is 2.62. The molecule has 0 spiro atoms. The van der Waals surface area contributed by atoms with Crippen molar-refractivity contribution in [2.45, 2.75) is 65.9 Å². The fourth-order valence-corrected chi connectivity index (χ4v) is 4.38. The summed E-state index contributed by atoms with van der Waals surface area (Å²) in [5.41, 5.74) is 0.187. The molecular formula is C21H42N4O. The molecule has 0 saturated carbocycles. The van der Waals surface area contributed by atoms with Gasteiger partial charge in [0.2, 0.25) is 0 Å². The Morgan fingerprint density at radius 1 is 1.15 bits per heavy atom. The smallest absolute Gasteiger partial charge is 0.190 e. The van der Waals surface area contributed by atoms with Gasteiger partial charge in [-0.15, -0.1) is 0 Å². The van der Waals surface area contributed by atoms with E-state index >= 15 is 0 Å². The summed E-state index contributed by atoms with van der Waals surface area (Å²) >= 11 is 0. The van der Waals surface area contributed by atoms with Crippen molar-refractivity contribution >= 4 is 5.96 Å². The van der Waals surface area contributed by atoms with Crippen molar-refractivity contribution in [3.8, 4) is 0 Å². The molecule has 0 radical (unpaired) electrons. The van der Waals surface area contributed by atoms with Crippen LogP contribution in [0.3, 0.4) is 0 Å². The van der Waals surface area contributed by atoms with Crippen LogP contribution < -0.4 is 10.6 Å². The van der Waals surface area contributed by atoms with E-state index in [2.05, 4.69) is 48.2 Å². The van der Waals surface area contributed by atoms with Gasteiger partial charge in [-0.2, -0.15) is 0 Å². The quantitative estimate of drug-likeness (QED) is 0.560. The van der Waals surface area contributed by atoms with E-state index in [1.54, 1.807) is 0 Å². The number of rotatable bonds is 6. The number of ether oxygens (including phenoxy) is 1. The number of nitrogens with zero attached hydrogens (tertiary/aromatic N) is 2. The molecule has 0 aromatic heterocycles. The molecule has 3 atom stereocenters. The number of likely N-dealkylation sites (tertiary alicyclic amines) is 1. The molecule has 2 fully saturated rings. The normalized spacial score (nSPS) is 27.2. The summed E-state index contributed by atoms with van der Waals surface area (Å²) in [5.74, 6) is 2.11. The molecule has 0 bridgehead atoms. The van der Waals surface area contributed by atoms with E-state index < -0.39 is 0 Å². The first-order chi connectivity index (χ1) is 12.4. The zero-order valence-corrected chi connectivity index (χ0v) is 17.8. The van der Waals surface area contributed by atoms with Crippen LogP contribution in [0.2, 0.25) is 0 Å². The molecule has 3 unspecified atom stereocenters. The lowest BCUT2D eigenvalue weighted by atomic mass is 9.78. The molecule has 0 aromatic carbocycles. The van der Waals surface area contributed by atoms with Crippen LogP contribution in [0.25, 0.3) is 0 Å². The van der Waals surface area contributed by atoms with E-state index in [0.717, 1.165) is 32.1 Å². The Morgan fingerprint density at radius 3 is 2.54 bits per heavy atom. The van der Waals surface area contributed by atoms with Crippen LogP contribution in [0.1, 0.15) is 59.8 Å². The fraction of sp³-hybridized carbons (Fsp3) is 0.952. The fourth-order valence-electron chi connectivity index (χ4n) is 4.38. The maximum absolute atomic E-state index is 6.10. The number of nitrogens with one attached hydrogen (secondary N) is 2. The van der Waals surface area contributed by atoms with Crippen LogP contribution in [-0.2, 0) is 4.74 Å². The lowest BCUT2D eigenvalue weighted by Crippen LogP contribution is -2.48. The van der Waals surface area contributed by atoms with E-state index in [9.17, 15) is 0 Å². The summed E-state index contributed by atoms with van der Waals surface area (Å²) in [4.78, 5) is 7.03. The van der Waals surface area contributed by atoms with Gasteiger partial charge in [-0.3, -0.25) is 4.99 Å². The van der Waals surface area contributed by atoms with Crippen LogP contribution in [-0.4, -0.2) is 63.3 Å². The number of guanidine groups is 1. The predicted octanol–water partition coefficient (Wildman–Crippen LogP) is 3.11. The highest BCUT2D eigenvalue weighted by Crippen LogP contribution is 2.33. The molecule has 26 heavy (non-hydrogen) atoms. The molecule has 2 N–H and O–H groups in total. The minimum Gasteiger partial charge on any atom is -0.377 e. The van der Waals surface area contributed by atoms with Crippen LogP contribution in [0.15, 0.2) is 4.99 Å². The average molecular weight is 367 g/mol. The van der Waals surface area contributed by atoms with Crippen molar-refractivity contribution in [3.63, 3.8) is 0 Å². The first-order valence-electron chi connectivity index (χ1n) is 10.7. The van der Waals surface area contributed by atoms with Crippen molar-refractivity contribution in [2.75, 3.05) is 46.4 Å². The number of piperidine rings is 1. The maximum atomic E-state index is 6.10. The maximum Gasteiger partial charge on any atom is 0.190 e. The largest absolute Gasteiger partial charge is 0.377 e. The summed E-state index contributed by atoms with van der Waals surface area (Å²) < 4.78 is 6.10. The molecule has 0 aliphatic carbocycles.